The van der Waals surface area contributed by atoms with Crippen LogP contribution in [0.25, 0.3) is 0 Å². The average molecular weight is 380 g/mol. The fraction of sp³-hybridized carbons (Fsp3) is 0.429. The Morgan fingerprint density at radius 2 is 1.83 bits per heavy atom. The Morgan fingerprint density at radius 3 is 2.25 bits per heavy atom. The van der Waals surface area contributed by atoms with E-state index in [1.807, 2.05) is 6.92 Å². The fourth-order valence-corrected chi connectivity index (χ4v) is 2.53. The molecule has 1 atom stereocenters. The first-order valence-corrected chi connectivity index (χ1v) is 8.59. The molecule has 0 radical (unpaired) electrons. The summed E-state index contributed by atoms with van der Waals surface area (Å²) in [6.07, 6.45) is 0.716. The highest BCUT2D eigenvalue weighted by molar-refractivity contribution is 7.89. The first-order chi connectivity index (χ1) is 10.6. The molecular formula is C14H22ClN3O5S. The van der Waals surface area contributed by atoms with Gasteiger partial charge in [-0.2, -0.15) is 0 Å². The summed E-state index contributed by atoms with van der Waals surface area (Å²) in [4.78, 5) is 24.6. The highest BCUT2D eigenvalue weighted by Gasteiger charge is 2.22. The summed E-state index contributed by atoms with van der Waals surface area (Å²) in [5.74, 6) is -1.38. The van der Waals surface area contributed by atoms with Gasteiger partial charge in [0.2, 0.25) is 15.9 Å². The lowest BCUT2D eigenvalue weighted by Gasteiger charge is -2.26. The molecule has 0 heterocycles. The summed E-state index contributed by atoms with van der Waals surface area (Å²) in [6, 6.07) is 4.79. The summed E-state index contributed by atoms with van der Waals surface area (Å²) in [7, 11) is -3.78. The number of nitrogens with zero attached hydrogens (tertiary/aromatic N) is 1. The van der Waals surface area contributed by atoms with E-state index < -0.39 is 22.0 Å². The Bertz CT molecular complexity index is 663. The molecule has 1 aromatic rings. The van der Waals surface area contributed by atoms with Crippen LogP contribution < -0.4 is 10.5 Å². The van der Waals surface area contributed by atoms with E-state index in [2.05, 4.69) is 5.32 Å². The minimum absolute atomic E-state index is 0. The molecule has 10 heteroatoms. The topological polar surface area (TPSA) is 130 Å². The van der Waals surface area contributed by atoms with Crippen molar-refractivity contribution in [1.82, 2.24) is 4.90 Å². The molecule has 0 saturated heterocycles. The number of sulfonamides is 1. The van der Waals surface area contributed by atoms with Crippen LogP contribution in [-0.4, -0.2) is 49.4 Å². The smallest absolute Gasteiger partial charge is 0.317 e. The van der Waals surface area contributed by atoms with Crippen molar-refractivity contribution in [2.75, 3.05) is 18.4 Å². The molecule has 0 saturated carbocycles. The molecule has 0 fully saturated rings. The van der Waals surface area contributed by atoms with Crippen molar-refractivity contribution in [1.29, 1.82) is 0 Å². The number of primary sulfonamides is 1. The Labute approximate surface area is 147 Å². The predicted octanol–water partition coefficient (Wildman–Crippen LogP) is 0.879. The number of carbonyl (C=O) groups is 2. The molecule has 1 rings (SSSR count). The molecular weight excluding hydrogens is 358 g/mol. The van der Waals surface area contributed by atoms with Gasteiger partial charge in [-0.1, -0.05) is 6.92 Å². The van der Waals surface area contributed by atoms with Gasteiger partial charge in [0.15, 0.2) is 0 Å². The zero-order valence-electron chi connectivity index (χ0n) is 13.4. The van der Waals surface area contributed by atoms with Crippen molar-refractivity contribution < 1.29 is 23.1 Å². The van der Waals surface area contributed by atoms with E-state index in [4.69, 9.17) is 10.2 Å². The number of anilines is 1. The molecule has 1 unspecified atom stereocenters. The molecule has 8 nitrogen and oxygen atoms in total. The molecule has 0 aliphatic rings. The highest BCUT2D eigenvalue weighted by atomic mass is 35.5. The quantitative estimate of drug-likeness (QED) is 0.614. The fourth-order valence-electron chi connectivity index (χ4n) is 2.01. The molecule has 0 aliphatic carbocycles. The van der Waals surface area contributed by atoms with Gasteiger partial charge in [0.1, 0.15) is 0 Å². The largest absolute Gasteiger partial charge is 0.480 e. The number of nitrogens with one attached hydrogen (secondary N) is 1. The maximum Gasteiger partial charge on any atom is 0.317 e. The van der Waals surface area contributed by atoms with Gasteiger partial charge in [0.25, 0.3) is 0 Å². The summed E-state index contributed by atoms with van der Waals surface area (Å²) < 4.78 is 22.3. The van der Waals surface area contributed by atoms with Crippen LogP contribution in [0.1, 0.15) is 20.3 Å². The normalized spacial score (nSPS) is 12.3. The van der Waals surface area contributed by atoms with Gasteiger partial charge in [0, 0.05) is 5.69 Å². The first kappa shape index (κ1) is 22.3. The number of hydrogen-bond donors (Lipinski definition) is 3. The average Bonchev–Trinajstić information content (AvgIpc) is 2.45. The summed E-state index contributed by atoms with van der Waals surface area (Å²) in [6.45, 7) is 3.76. The second-order valence-electron chi connectivity index (χ2n) is 5.10. The number of hydrogen-bond acceptors (Lipinski definition) is 5. The van der Waals surface area contributed by atoms with Crippen molar-refractivity contribution in [3.8, 4) is 0 Å². The first-order valence-electron chi connectivity index (χ1n) is 7.04. The van der Waals surface area contributed by atoms with Crippen molar-refractivity contribution in [2.24, 2.45) is 5.14 Å². The number of rotatable bonds is 8. The number of carboxylic acids is 1. The van der Waals surface area contributed by atoms with Gasteiger partial charge in [-0.15, -0.1) is 12.4 Å². The molecule has 1 amide bonds. The van der Waals surface area contributed by atoms with E-state index in [0.29, 0.717) is 18.7 Å². The molecule has 1 aromatic carbocycles. The summed E-state index contributed by atoms with van der Waals surface area (Å²) in [5.41, 5.74) is 0.404. The SMILES string of the molecule is CCCN(CC(=O)O)C(C)C(=O)Nc1ccc(S(N)(=O)=O)cc1.Cl. The lowest BCUT2D eigenvalue weighted by molar-refractivity contribution is -0.139. The lowest BCUT2D eigenvalue weighted by Crippen LogP contribution is -2.44. The predicted molar refractivity (Wildman–Crippen MR) is 92.7 cm³/mol. The van der Waals surface area contributed by atoms with Crippen molar-refractivity contribution in [3.05, 3.63) is 24.3 Å². The minimum Gasteiger partial charge on any atom is -0.480 e. The van der Waals surface area contributed by atoms with Gasteiger partial charge in [-0.25, -0.2) is 13.6 Å². The molecule has 4 N–H and O–H groups in total. The zero-order chi connectivity index (χ0) is 17.6. The van der Waals surface area contributed by atoms with Crippen molar-refractivity contribution in [2.45, 2.75) is 31.2 Å². The maximum absolute atomic E-state index is 12.2. The number of amides is 1. The van der Waals surface area contributed by atoms with Gasteiger partial charge >= 0.3 is 5.97 Å². The Balaban J connectivity index is 0.00000529. The van der Waals surface area contributed by atoms with E-state index in [1.54, 1.807) is 11.8 Å². The van der Waals surface area contributed by atoms with E-state index in [1.165, 1.54) is 24.3 Å². The van der Waals surface area contributed by atoms with Crippen LogP contribution in [0.5, 0.6) is 0 Å². The maximum atomic E-state index is 12.2. The second kappa shape index (κ2) is 9.58. The standard InChI is InChI=1S/C14H21N3O5S.ClH/c1-3-8-17(9-13(18)19)10(2)14(20)16-11-4-6-12(7-5-11)23(15,21)22;/h4-7,10H,3,8-9H2,1-2H3,(H,16,20)(H,18,19)(H2,15,21,22);1H. The molecule has 0 aromatic heterocycles. The Hall–Kier alpha value is -1.68. The van der Waals surface area contributed by atoms with Crippen LogP contribution in [0, 0.1) is 0 Å². The molecule has 0 aliphatic heterocycles. The van der Waals surface area contributed by atoms with E-state index in [9.17, 15) is 18.0 Å². The number of carboxylic acid groups (broad SMARTS) is 1. The third-order valence-electron chi connectivity index (χ3n) is 3.23. The van der Waals surface area contributed by atoms with E-state index in [-0.39, 0.29) is 29.8 Å². The number of benzene rings is 1. The molecule has 0 spiro atoms. The number of halogens is 1. The second-order valence-corrected chi connectivity index (χ2v) is 6.66. The third kappa shape index (κ3) is 6.83. The monoisotopic (exact) mass is 379 g/mol. The molecule has 24 heavy (non-hydrogen) atoms. The van der Waals surface area contributed by atoms with Gasteiger partial charge in [-0.05, 0) is 44.2 Å². The van der Waals surface area contributed by atoms with Crippen LogP contribution in [-0.2, 0) is 19.6 Å². The van der Waals surface area contributed by atoms with Crippen molar-refractivity contribution in [3.63, 3.8) is 0 Å². The third-order valence-corrected chi connectivity index (χ3v) is 4.16. The van der Waals surface area contributed by atoms with E-state index in [0.717, 1.165) is 0 Å². The van der Waals surface area contributed by atoms with Gasteiger partial charge < -0.3 is 10.4 Å². The number of carbonyl (C=O) groups excluding carboxylic acids is 1. The van der Waals surface area contributed by atoms with Crippen LogP contribution in [0.2, 0.25) is 0 Å². The number of aliphatic carboxylic acids is 1. The number of nitrogens with two attached hydrogens (primary N) is 1. The van der Waals surface area contributed by atoms with Crippen LogP contribution in [0.4, 0.5) is 5.69 Å². The minimum atomic E-state index is -3.78. The van der Waals surface area contributed by atoms with Gasteiger partial charge in [0.05, 0.1) is 17.5 Å². The van der Waals surface area contributed by atoms with Crippen LogP contribution >= 0.6 is 12.4 Å². The summed E-state index contributed by atoms with van der Waals surface area (Å²) >= 11 is 0. The van der Waals surface area contributed by atoms with Crippen LogP contribution in [0.3, 0.4) is 0 Å². The van der Waals surface area contributed by atoms with Crippen molar-refractivity contribution >= 4 is 40.0 Å². The van der Waals surface area contributed by atoms with Crippen LogP contribution in [0.15, 0.2) is 29.2 Å². The van der Waals surface area contributed by atoms with Gasteiger partial charge in [-0.3, -0.25) is 14.5 Å². The van der Waals surface area contributed by atoms with E-state index >= 15 is 0 Å². The highest BCUT2D eigenvalue weighted by Crippen LogP contribution is 2.14. The zero-order valence-corrected chi connectivity index (χ0v) is 15.1. The Morgan fingerprint density at radius 1 is 1.29 bits per heavy atom. The molecule has 136 valence electrons. The Kier molecular flexibility index (Phi) is 8.91. The lowest BCUT2D eigenvalue weighted by atomic mass is 10.2. The summed E-state index contributed by atoms with van der Waals surface area (Å²) in [5, 5.41) is 16.5. The molecule has 0 bridgehead atoms.